The average molecular weight is 452 g/mol. The van der Waals surface area contributed by atoms with E-state index >= 15 is 0 Å². The van der Waals surface area contributed by atoms with Crippen LogP contribution in [0.15, 0.2) is 52.0 Å². The Bertz CT molecular complexity index is 1320. The van der Waals surface area contributed by atoms with Gasteiger partial charge >= 0.3 is 0 Å². The summed E-state index contributed by atoms with van der Waals surface area (Å²) in [6.07, 6.45) is 0. The Morgan fingerprint density at radius 2 is 2.03 bits per heavy atom. The van der Waals surface area contributed by atoms with Crippen molar-refractivity contribution in [2.75, 3.05) is 19.2 Å². The summed E-state index contributed by atoms with van der Waals surface area (Å²) in [5, 5.41) is 12.5. The molecule has 3 heterocycles. The largest absolute Gasteiger partial charge is 0.493 e. The molecule has 9 nitrogen and oxygen atoms in total. The third kappa shape index (κ3) is 3.62. The van der Waals surface area contributed by atoms with Crippen molar-refractivity contribution < 1.29 is 23.4 Å². The lowest BCUT2D eigenvalue weighted by Gasteiger charge is -2.12. The number of rotatable bonds is 6. The predicted octanol–water partition coefficient (Wildman–Crippen LogP) is 4.08. The van der Waals surface area contributed by atoms with Gasteiger partial charge in [-0.05, 0) is 31.2 Å². The van der Waals surface area contributed by atoms with Gasteiger partial charge in [0.15, 0.2) is 39.6 Å². The van der Waals surface area contributed by atoms with Crippen molar-refractivity contribution in [1.29, 1.82) is 0 Å². The fourth-order valence-electron chi connectivity index (χ4n) is 3.37. The molecule has 4 aromatic rings. The van der Waals surface area contributed by atoms with Gasteiger partial charge in [0, 0.05) is 24.2 Å². The van der Waals surface area contributed by atoms with Gasteiger partial charge in [0.1, 0.15) is 0 Å². The Labute approximate surface area is 187 Å². The summed E-state index contributed by atoms with van der Waals surface area (Å²) in [6, 6.07) is 12.9. The van der Waals surface area contributed by atoms with Gasteiger partial charge in [-0.2, -0.15) is 0 Å². The first kappa shape index (κ1) is 20.3. The molecule has 10 heteroatoms. The summed E-state index contributed by atoms with van der Waals surface area (Å²) in [7, 11) is 3.44. The number of furan rings is 1. The highest BCUT2D eigenvalue weighted by Gasteiger charge is 2.22. The van der Waals surface area contributed by atoms with Gasteiger partial charge in [-0.15, -0.1) is 10.2 Å². The van der Waals surface area contributed by atoms with E-state index in [4.69, 9.17) is 18.6 Å². The molecular formula is C22H20N4O5S. The van der Waals surface area contributed by atoms with Crippen LogP contribution >= 0.6 is 11.8 Å². The average Bonchev–Trinajstić information content (AvgIpc) is 3.51. The van der Waals surface area contributed by atoms with Crippen molar-refractivity contribution in [2.45, 2.75) is 17.3 Å². The van der Waals surface area contributed by atoms with Crippen LogP contribution in [0.25, 0.3) is 22.6 Å². The van der Waals surface area contributed by atoms with Crippen LogP contribution in [0.2, 0.25) is 0 Å². The molecule has 0 radical (unpaired) electrons. The molecule has 0 spiro atoms. The molecule has 2 aromatic carbocycles. The van der Waals surface area contributed by atoms with Crippen LogP contribution in [0.1, 0.15) is 6.92 Å². The standard InChI is InChI=1S/C22H20N4O5S/c1-12(21(27)23-14-7-8-15-17(10-14)30-11-29-15)32-22-25-24-20(26(22)2)18-9-13-5-4-6-16(28-3)19(13)31-18/h4-10,12H,11H2,1-3H3,(H,23,27)/t12-/m1/s1. The zero-order chi connectivity index (χ0) is 22.2. The molecule has 2 aromatic heterocycles. The second-order valence-corrected chi connectivity index (χ2v) is 8.48. The first-order valence-corrected chi connectivity index (χ1v) is 10.7. The van der Waals surface area contributed by atoms with Gasteiger partial charge in [0.05, 0.1) is 12.4 Å². The minimum absolute atomic E-state index is 0.160. The Morgan fingerprint density at radius 1 is 1.19 bits per heavy atom. The molecule has 32 heavy (non-hydrogen) atoms. The monoisotopic (exact) mass is 452 g/mol. The van der Waals surface area contributed by atoms with E-state index in [-0.39, 0.29) is 12.7 Å². The molecule has 0 aliphatic carbocycles. The van der Waals surface area contributed by atoms with Crippen LogP contribution in [0.5, 0.6) is 17.2 Å². The lowest BCUT2D eigenvalue weighted by Crippen LogP contribution is -2.22. The number of nitrogens with zero attached hydrogens (tertiary/aromatic N) is 3. The van der Waals surface area contributed by atoms with Crippen LogP contribution in [0.4, 0.5) is 5.69 Å². The lowest BCUT2D eigenvalue weighted by molar-refractivity contribution is -0.115. The zero-order valence-electron chi connectivity index (χ0n) is 17.6. The Morgan fingerprint density at radius 3 is 2.88 bits per heavy atom. The maximum absolute atomic E-state index is 12.7. The van der Waals surface area contributed by atoms with Gasteiger partial charge in [-0.1, -0.05) is 23.9 Å². The van der Waals surface area contributed by atoms with E-state index in [0.29, 0.717) is 45.3 Å². The normalized spacial score (nSPS) is 13.3. The number of thioether (sulfide) groups is 1. The first-order chi connectivity index (χ1) is 15.5. The van der Waals surface area contributed by atoms with E-state index in [1.807, 2.05) is 38.2 Å². The van der Waals surface area contributed by atoms with Crippen molar-refractivity contribution in [1.82, 2.24) is 14.8 Å². The van der Waals surface area contributed by atoms with Crippen molar-refractivity contribution in [3.8, 4) is 28.8 Å². The number of aromatic nitrogens is 3. The lowest BCUT2D eigenvalue weighted by atomic mass is 10.2. The molecule has 0 saturated carbocycles. The Balaban J connectivity index is 1.31. The number of nitrogens with one attached hydrogen (secondary N) is 1. The maximum Gasteiger partial charge on any atom is 0.237 e. The summed E-state index contributed by atoms with van der Waals surface area (Å²) < 4.78 is 23.8. The molecule has 5 rings (SSSR count). The van der Waals surface area contributed by atoms with Crippen molar-refractivity contribution in [2.24, 2.45) is 7.05 Å². The molecule has 1 amide bonds. The maximum atomic E-state index is 12.7. The number of ether oxygens (including phenoxy) is 3. The molecule has 1 aliphatic heterocycles. The van der Waals surface area contributed by atoms with Crippen LogP contribution in [-0.2, 0) is 11.8 Å². The second-order valence-electron chi connectivity index (χ2n) is 7.17. The number of fused-ring (bicyclic) bond motifs is 2. The van der Waals surface area contributed by atoms with Gasteiger partial charge in [-0.3, -0.25) is 4.79 Å². The fourth-order valence-corrected chi connectivity index (χ4v) is 4.18. The molecule has 1 N–H and O–H groups in total. The van der Waals surface area contributed by atoms with E-state index in [0.717, 1.165) is 5.39 Å². The molecule has 0 bridgehead atoms. The highest BCUT2D eigenvalue weighted by molar-refractivity contribution is 8.00. The van der Waals surface area contributed by atoms with E-state index < -0.39 is 5.25 Å². The number of benzene rings is 2. The highest BCUT2D eigenvalue weighted by Crippen LogP contribution is 2.35. The van der Waals surface area contributed by atoms with Gasteiger partial charge in [0.25, 0.3) is 0 Å². The Hall–Kier alpha value is -3.66. The number of para-hydroxylation sites is 1. The van der Waals surface area contributed by atoms with Gasteiger partial charge < -0.3 is 28.5 Å². The van der Waals surface area contributed by atoms with E-state index in [1.165, 1.54) is 11.8 Å². The molecule has 1 aliphatic rings. The van der Waals surface area contributed by atoms with Crippen LogP contribution < -0.4 is 19.5 Å². The van der Waals surface area contributed by atoms with Crippen molar-refractivity contribution >= 4 is 34.3 Å². The van der Waals surface area contributed by atoms with E-state index in [1.54, 1.807) is 29.9 Å². The predicted molar refractivity (Wildman–Crippen MR) is 119 cm³/mol. The number of hydrogen-bond acceptors (Lipinski definition) is 8. The molecular weight excluding hydrogens is 432 g/mol. The zero-order valence-corrected chi connectivity index (χ0v) is 18.4. The third-order valence-corrected chi connectivity index (χ3v) is 6.21. The van der Waals surface area contributed by atoms with Crippen LogP contribution in [0.3, 0.4) is 0 Å². The number of methoxy groups -OCH3 is 1. The number of hydrogen-bond donors (Lipinski definition) is 1. The molecule has 1 atom stereocenters. The summed E-state index contributed by atoms with van der Waals surface area (Å²) in [5.74, 6) is 2.91. The first-order valence-electron chi connectivity index (χ1n) is 9.87. The third-order valence-electron chi connectivity index (χ3n) is 5.07. The number of carbonyl (C=O) groups is 1. The topological polar surface area (TPSA) is 101 Å². The second kappa shape index (κ2) is 8.12. The van der Waals surface area contributed by atoms with Gasteiger partial charge in [0.2, 0.25) is 12.7 Å². The fraction of sp³-hybridized carbons (Fsp3) is 0.227. The van der Waals surface area contributed by atoms with Crippen molar-refractivity contribution in [3.05, 3.63) is 42.5 Å². The molecule has 0 saturated heterocycles. The summed E-state index contributed by atoms with van der Waals surface area (Å²) in [5.41, 5.74) is 1.29. The molecule has 164 valence electrons. The Kier molecular flexibility index (Phi) is 5.14. The minimum atomic E-state index is -0.410. The summed E-state index contributed by atoms with van der Waals surface area (Å²) in [4.78, 5) is 12.7. The summed E-state index contributed by atoms with van der Waals surface area (Å²) >= 11 is 1.31. The number of anilines is 1. The quantitative estimate of drug-likeness (QED) is 0.437. The van der Waals surface area contributed by atoms with Crippen molar-refractivity contribution in [3.63, 3.8) is 0 Å². The smallest absolute Gasteiger partial charge is 0.237 e. The molecule has 0 unspecified atom stereocenters. The van der Waals surface area contributed by atoms with E-state index in [2.05, 4.69) is 15.5 Å². The SMILES string of the molecule is COc1cccc2cc(-c3nnc(S[C@H](C)C(=O)Nc4ccc5c(c4)OCO5)n3C)oc12. The van der Waals surface area contributed by atoms with Crippen LogP contribution in [-0.4, -0.2) is 39.8 Å². The highest BCUT2D eigenvalue weighted by atomic mass is 32.2. The van der Waals surface area contributed by atoms with E-state index in [9.17, 15) is 4.79 Å². The number of carbonyl (C=O) groups excluding carboxylic acids is 1. The summed E-state index contributed by atoms with van der Waals surface area (Å²) in [6.45, 7) is 2.00. The van der Waals surface area contributed by atoms with Crippen LogP contribution in [0, 0.1) is 0 Å². The number of amides is 1. The molecule has 0 fully saturated rings. The van der Waals surface area contributed by atoms with Gasteiger partial charge in [-0.25, -0.2) is 0 Å². The minimum Gasteiger partial charge on any atom is -0.493 e.